The van der Waals surface area contributed by atoms with Crippen LogP contribution in [-0.2, 0) is 11.2 Å². The Morgan fingerprint density at radius 3 is 2.93 bits per heavy atom. The molecule has 1 aromatic carbocycles. The van der Waals surface area contributed by atoms with Crippen LogP contribution in [0.15, 0.2) is 60.8 Å². The van der Waals surface area contributed by atoms with Gasteiger partial charge in [-0.2, -0.15) is 0 Å². The molecule has 1 aliphatic heterocycles. The minimum atomic E-state index is -0.382. The van der Waals surface area contributed by atoms with Crippen molar-refractivity contribution in [2.24, 2.45) is 0 Å². The van der Waals surface area contributed by atoms with Crippen LogP contribution in [0, 0.1) is 0 Å². The van der Waals surface area contributed by atoms with Crippen LogP contribution in [0.2, 0.25) is 0 Å². The van der Waals surface area contributed by atoms with E-state index in [9.17, 15) is 4.79 Å². The highest BCUT2D eigenvalue weighted by molar-refractivity contribution is 7.18. The van der Waals surface area contributed by atoms with E-state index >= 15 is 0 Å². The van der Waals surface area contributed by atoms with Crippen LogP contribution in [0.5, 0.6) is 0 Å². The summed E-state index contributed by atoms with van der Waals surface area (Å²) in [6.07, 6.45) is 10.1. The van der Waals surface area contributed by atoms with Crippen molar-refractivity contribution in [2.45, 2.75) is 19.8 Å². The summed E-state index contributed by atoms with van der Waals surface area (Å²) in [5.74, 6) is -0.382. The monoisotopic (exact) mass is 395 g/mol. The molecule has 146 valence electrons. The highest BCUT2D eigenvalue weighted by Gasteiger charge is 2.20. The van der Waals surface area contributed by atoms with Crippen LogP contribution < -0.4 is 16.0 Å². The molecule has 3 N–H and O–H groups in total. The number of ether oxygens (including phenoxy) is 1. The van der Waals surface area contributed by atoms with Gasteiger partial charge in [0, 0.05) is 23.6 Å². The largest absolute Gasteiger partial charge is 0.465 e. The molecule has 3 rings (SSSR count). The maximum atomic E-state index is 11.7. The Morgan fingerprint density at radius 1 is 1.39 bits per heavy atom. The maximum absolute atomic E-state index is 11.7. The van der Waals surface area contributed by atoms with E-state index in [2.05, 4.69) is 35.0 Å². The molecule has 2 aromatic rings. The van der Waals surface area contributed by atoms with Gasteiger partial charge in [-0.15, -0.1) is 11.3 Å². The number of nitrogens with two attached hydrogens (primary N) is 1. The number of hydrogen-bond acceptors (Lipinski definition) is 6. The van der Waals surface area contributed by atoms with E-state index in [4.69, 9.17) is 10.5 Å². The lowest BCUT2D eigenvalue weighted by molar-refractivity contribution is 0.0606. The number of rotatable bonds is 6. The number of nitrogen functional groups attached to an aromatic ring is 1. The summed E-state index contributed by atoms with van der Waals surface area (Å²) >= 11 is 1.21. The van der Waals surface area contributed by atoms with E-state index in [1.165, 1.54) is 29.7 Å². The first-order valence-corrected chi connectivity index (χ1v) is 9.99. The molecule has 0 fully saturated rings. The number of aryl methyl sites for hydroxylation is 1. The SMILES string of the molecule is C=C/C=C(\C=C/C)N1CCCc2ccc(Nc3cc(C(=O)OC)sc3N)cc21. The Balaban J connectivity index is 1.93. The normalized spacial score (nSPS) is 14.1. The Kier molecular flexibility index (Phi) is 6.21. The molecule has 0 radical (unpaired) electrons. The second-order valence-corrected chi connectivity index (χ2v) is 7.51. The smallest absolute Gasteiger partial charge is 0.348 e. The third-order valence-corrected chi connectivity index (χ3v) is 5.51. The van der Waals surface area contributed by atoms with Crippen molar-refractivity contribution in [1.82, 2.24) is 0 Å². The van der Waals surface area contributed by atoms with Gasteiger partial charge < -0.3 is 20.7 Å². The topological polar surface area (TPSA) is 67.6 Å². The number of esters is 1. The Labute approximate surface area is 169 Å². The summed E-state index contributed by atoms with van der Waals surface area (Å²) in [6, 6.07) is 8.05. The quantitative estimate of drug-likeness (QED) is 0.516. The number of carbonyl (C=O) groups excluding carboxylic acids is 1. The molecule has 2 heterocycles. The molecule has 0 saturated carbocycles. The zero-order chi connectivity index (χ0) is 20.1. The number of thiophene rings is 1. The van der Waals surface area contributed by atoms with Crippen LogP contribution in [-0.4, -0.2) is 19.6 Å². The molecule has 0 aliphatic carbocycles. The lowest BCUT2D eigenvalue weighted by Gasteiger charge is -2.32. The Morgan fingerprint density at radius 2 is 2.21 bits per heavy atom. The lowest BCUT2D eigenvalue weighted by atomic mass is 10.00. The summed E-state index contributed by atoms with van der Waals surface area (Å²) in [5, 5.41) is 3.89. The molecule has 0 bridgehead atoms. The number of fused-ring (bicyclic) bond motifs is 1. The van der Waals surface area contributed by atoms with Gasteiger partial charge in [0.15, 0.2) is 0 Å². The predicted molar refractivity (Wildman–Crippen MR) is 119 cm³/mol. The molecule has 0 amide bonds. The average molecular weight is 396 g/mol. The fraction of sp³-hybridized carbons (Fsp3) is 0.227. The highest BCUT2D eigenvalue weighted by atomic mass is 32.1. The summed E-state index contributed by atoms with van der Waals surface area (Å²) in [4.78, 5) is 14.5. The predicted octanol–water partition coefficient (Wildman–Crippen LogP) is 5.26. The Bertz CT molecular complexity index is 943. The van der Waals surface area contributed by atoms with Gasteiger partial charge in [0.05, 0.1) is 12.8 Å². The van der Waals surface area contributed by atoms with Crippen molar-refractivity contribution in [2.75, 3.05) is 29.6 Å². The first-order chi connectivity index (χ1) is 13.6. The molecular weight excluding hydrogens is 370 g/mol. The van der Waals surface area contributed by atoms with Crippen LogP contribution in [0.1, 0.15) is 28.6 Å². The Hall–Kier alpha value is -2.99. The van der Waals surface area contributed by atoms with E-state index in [1.807, 2.05) is 31.2 Å². The van der Waals surface area contributed by atoms with Crippen LogP contribution in [0.3, 0.4) is 0 Å². The molecule has 0 unspecified atom stereocenters. The van der Waals surface area contributed by atoms with Gasteiger partial charge in [-0.25, -0.2) is 4.79 Å². The van der Waals surface area contributed by atoms with E-state index in [0.29, 0.717) is 15.6 Å². The van der Waals surface area contributed by atoms with Gasteiger partial charge in [-0.1, -0.05) is 24.8 Å². The van der Waals surface area contributed by atoms with Gasteiger partial charge in [-0.3, -0.25) is 0 Å². The van der Waals surface area contributed by atoms with Crippen molar-refractivity contribution >= 4 is 39.4 Å². The average Bonchev–Trinajstić information content (AvgIpc) is 3.07. The third-order valence-electron chi connectivity index (χ3n) is 4.57. The standard InChI is InChI=1S/C22H25N3O2S/c1-4-7-17(8-5-2)25-12-6-9-15-10-11-16(13-19(15)25)24-18-14-20(22(26)27-3)28-21(18)23/h4-5,7-8,10-11,13-14,24H,1,6,9,12,23H2,2-3H3/b8-5-,17-7+. The number of anilines is 4. The molecule has 5 nitrogen and oxygen atoms in total. The van der Waals surface area contributed by atoms with Gasteiger partial charge >= 0.3 is 5.97 Å². The second kappa shape index (κ2) is 8.80. The maximum Gasteiger partial charge on any atom is 0.348 e. The zero-order valence-corrected chi connectivity index (χ0v) is 17.0. The van der Waals surface area contributed by atoms with E-state index in [1.54, 1.807) is 6.07 Å². The number of benzene rings is 1. The van der Waals surface area contributed by atoms with Crippen molar-refractivity contribution in [3.05, 3.63) is 71.3 Å². The lowest BCUT2D eigenvalue weighted by Crippen LogP contribution is -2.28. The molecule has 1 aliphatic rings. The zero-order valence-electron chi connectivity index (χ0n) is 16.2. The first-order valence-electron chi connectivity index (χ1n) is 9.18. The third kappa shape index (κ3) is 4.12. The molecule has 1 aromatic heterocycles. The minimum Gasteiger partial charge on any atom is -0.465 e. The fourth-order valence-corrected chi connectivity index (χ4v) is 4.11. The van der Waals surface area contributed by atoms with Crippen molar-refractivity contribution < 1.29 is 9.53 Å². The highest BCUT2D eigenvalue weighted by Crippen LogP contribution is 2.36. The number of hydrogen-bond donors (Lipinski definition) is 2. The number of methoxy groups -OCH3 is 1. The van der Waals surface area contributed by atoms with Gasteiger partial charge in [0.1, 0.15) is 9.88 Å². The van der Waals surface area contributed by atoms with Crippen molar-refractivity contribution in [3.63, 3.8) is 0 Å². The summed E-state index contributed by atoms with van der Waals surface area (Å²) in [5.41, 5.74) is 11.3. The molecule has 6 heteroatoms. The second-order valence-electron chi connectivity index (χ2n) is 6.43. The van der Waals surface area contributed by atoms with Crippen molar-refractivity contribution in [3.8, 4) is 0 Å². The number of carbonyl (C=O) groups is 1. The van der Waals surface area contributed by atoms with E-state index < -0.39 is 0 Å². The molecule has 0 atom stereocenters. The minimum absolute atomic E-state index is 0.382. The van der Waals surface area contributed by atoms with Gasteiger partial charge in [0.25, 0.3) is 0 Å². The fourth-order valence-electron chi connectivity index (χ4n) is 3.31. The van der Waals surface area contributed by atoms with Crippen molar-refractivity contribution in [1.29, 1.82) is 0 Å². The molecular formula is C22H25N3O2S. The van der Waals surface area contributed by atoms with Crippen LogP contribution >= 0.6 is 11.3 Å². The summed E-state index contributed by atoms with van der Waals surface area (Å²) in [6.45, 7) is 6.80. The van der Waals surface area contributed by atoms with E-state index in [0.717, 1.165) is 30.8 Å². The van der Waals surface area contributed by atoms with Crippen LogP contribution in [0.25, 0.3) is 0 Å². The number of allylic oxidation sites excluding steroid dienone is 4. The van der Waals surface area contributed by atoms with Gasteiger partial charge in [-0.05, 0) is 55.7 Å². The van der Waals surface area contributed by atoms with Gasteiger partial charge in [0.2, 0.25) is 0 Å². The van der Waals surface area contributed by atoms with Crippen LogP contribution in [0.4, 0.5) is 22.1 Å². The number of nitrogens with one attached hydrogen (secondary N) is 1. The number of nitrogens with zero attached hydrogens (tertiary/aromatic N) is 1. The summed E-state index contributed by atoms with van der Waals surface area (Å²) in [7, 11) is 1.36. The molecule has 0 spiro atoms. The summed E-state index contributed by atoms with van der Waals surface area (Å²) < 4.78 is 4.78. The first kappa shape index (κ1) is 19.8. The molecule has 28 heavy (non-hydrogen) atoms. The van der Waals surface area contributed by atoms with E-state index in [-0.39, 0.29) is 5.97 Å². The molecule has 0 saturated heterocycles.